The summed E-state index contributed by atoms with van der Waals surface area (Å²) in [4.78, 5) is 10.4. The van der Waals surface area contributed by atoms with E-state index in [2.05, 4.69) is 12.2 Å². The van der Waals surface area contributed by atoms with Gasteiger partial charge < -0.3 is 5.32 Å². The fourth-order valence-electron chi connectivity index (χ4n) is 2.71. The molecule has 1 aromatic rings. The number of nitrogens with one attached hydrogen (secondary N) is 1. The summed E-state index contributed by atoms with van der Waals surface area (Å²) in [7, 11) is 0. The smallest absolute Gasteiger partial charge is 0.288 e. The van der Waals surface area contributed by atoms with Gasteiger partial charge in [0.1, 0.15) is 5.02 Å². The van der Waals surface area contributed by atoms with Gasteiger partial charge in [-0.15, -0.1) is 0 Å². The molecule has 1 N–H and O–H groups in total. The van der Waals surface area contributed by atoms with Crippen LogP contribution in [0.3, 0.4) is 0 Å². The molecular formula is C14H19ClN2O2. The van der Waals surface area contributed by atoms with Crippen LogP contribution in [0, 0.1) is 16.0 Å². The lowest BCUT2D eigenvalue weighted by molar-refractivity contribution is -0.384. The van der Waals surface area contributed by atoms with E-state index in [1.54, 1.807) is 12.1 Å². The normalized spacial score (nSPS) is 17.6. The molecule has 0 unspecified atom stereocenters. The number of hydrogen-bond acceptors (Lipinski definition) is 3. The van der Waals surface area contributed by atoms with E-state index in [-0.39, 0.29) is 10.7 Å². The lowest BCUT2D eigenvalue weighted by Gasteiger charge is -2.20. The van der Waals surface area contributed by atoms with Crippen LogP contribution in [0.5, 0.6) is 0 Å². The summed E-state index contributed by atoms with van der Waals surface area (Å²) in [5.74, 6) is 0.738. The molecule has 0 aliphatic heterocycles. The third kappa shape index (κ3) is 3.67. The van der Waals surface area contributed by atoms with Gasteiger partial charge in [-0.2, -0.15) is 0 Å². The summed E-state index contributed by atoms with van der Waals surface area (Å²) in [5, 5.41) is 14.5. The molecule has 104 valence electrons. The molecule has 19 heavy (non-hydrogen) atoms. The average Bonchev–Trinajstić information content (AvgIpc) is 2.91. The first-order valence-corrected chi connectivity index (χ1v) is 7.12. The molecule has 2 rings (SSSR count). The maximum absolute atomic E-state index is 10.8. The molecule has 0 bridgehead atoms. The number of hydrogen-bond donors (Lipinski definition) is 1. The minimum atomic E-state index is -0.438. The summed E-state index contributed by atoms with van der Waals surface area (Å²) >= 11 is 5.80. The first-order chi connectivity index (χ1) is 9.08. The Morgan fingerprint density at radius 3 is 2.79 bits per heavy atom. The number of benzene rings is 1. The van der Waals surface area contributed by atoms with Crippen molar-refractivity contribution in [3.05, 3.63) is 38.9 Å². The minimum absolute atomic E-state index is 0.0190. The van der Waals surface area contributed by atoms with Crippen LogP contribution < -0.4 is 5.32 Å². The SMILES string of the molecule is C[C@H](NCc1ccc(Cl)c([N+](=O)[O-])c1)C1CCCC1. The van der Waals surface area contributed by atoms with E-state index >= 15 is 0 Å². The maximum atomic E-state index is 10.8. The summed E-state index contributed by atoms with van der Waals surface area (Å²) in [6.07, 6.45) is 5.22. The molecule has 0 heterocycles. The predicted molar refractivity (Wildman–Crippen MR) is 76.4 cm³/mol. The Bertz CT molecular complexity index is 459. The van der Waals surface area contributed by atoms with Gasteiger partial charge in [-0.1, -0.05) is 30.5 Å². The van der Waals surface area contributed by atoms with Crippen LogP contribution in [0.4, 0.5) is 5.69 Å². The molecule has 1 saturated carbocycles. The maximum Gasteiger partial charge on any atom is 0.288 e. The Morgan fingerprint density at radius 2 is 2.16 bits per heavy atom. The standard InChI is InChI=1S/C14H19ClN2O2/c1-10(12-4-2-3-5-12)16-9-11-6-7-13(15)14(8-11)17(18)19/h6-8,10,12,16H,2-5,9H2,1H3/t10-/m0/s1. The summed E-state index contributed by atoms with van der Waals surface area (Å²) in [6, 6.07) is 5.44. The average molecular weight is 283 g/mol. The highest BCUT2D eigenvalue weighted by Crippen LogP contribution is 2.28. The Balaban J connectivity index is 1.95. The number of nitrogens with zero attached hydrogens (tertiary/aromatic N) is 1. The molecule has 1 aliphatic carbocycles. The summed E-state index contributed by atoms with van der Waals surface area (Å²) in [5.41, 5.74) is 0.885. The molecule has 0 aromatic heterocycles. The lowest BCUT2D eigenvalue weighted by atomic mass is 9.99. The Labute approximate surface area is 118 Å². The second-order valence-electron chi connectivity index (χ2n) is 5.26. The molecule has 0 amide bonds. The van der Waals surface area contributed by atoms with Crippen molar-refractivity contribution in [1.82, 2.24) is 5.32 Å². The fraction of sp³-hybridized carbons (Fsp3) is 0.571. The monoisotopic (exact) mass is 282 g/mol. The molecule has 1 fully saturated rings. The Kier molecular flexibility index (Phi) is 4.77. The highest BCUT2D eigenvalue weighted by atomic mass is 35.5. The van der Waals surface area contributed by atoms with Crippen LogP contribution in [0.2, 0.25) is 5.02 Å². The van der Waals surface area contributed by atoms with Gasteiger partial charge in [0.15, 0.2) is 0 Å². The van der Waals surface area contributed by atoms with Crippen LogP contribution in [0.25, 0.3) is 0 Å². The number of halogens is 1. The second-order valence-corrected chi connectivity index (χ2v) is 5.66. The van der Waals surface area contributed by atoms with E-state index in [0.29, 0.717) is 12.6 Å². The van der Waals surface area contributed by atoms with Crippen molar-refractivity contribution in [1.29, 1.82) is 0 Å². The van der Waals surface area contributed by atoms with Gasteiger partial charge in [-0.25, -0.2) is 0 Å². The van der Waals surface area contributed by atoms with E-state index in [1.165, 1.54) is 25.7 Å². The van der Waals surface area contributed by atoms with Gasteiger partial charge in [-0.05, 0) is 37.3 Å². The summed E-state index contributed by atoms with van der Waals surface area (Å²) in [6.45, 7) is 2.84. The number of rotatable bonds is 5. The molecule has 5 heteroatoms. The van der Waals surface area contributed by atoms with Crippen LogP contribution in [-0.4, -0.2) is 11.0 Å². The molecule has 0 radical (unpaired) electrons. The molecule has 1 aliphatic rings. The van der Waals surface area contributed by atoms with E-state index in [1.807, 2.05) is 6.07 Å². The van der Waals surface area contributed by atoms with E-state index in [4.69, 9.17) is 11.6 Å². The van der Waals surface area contributed by atoms with Crippen molar-refractivity contribution in [3.8, 4) is 0 Å². The van der Waals surface area contributed by atoms with Crippen LogP contribution in [-0.2, 0) is 6.54 Å². The predicted octanol–water partition coefficient (Wildman–Crippen LogP) is 3.92. The number of nitro benzene ring substituents is 1. The van der Waals surface area contributed by atoms with Crippen molar-refractivity contribution in [2.24, 2.45) is 5.92 Å². The van der Waals surface area contributed by atoms with Crippen molar-refractivity contribution >= 4 is 17.3 Å². The fourth-order valence-corrected chi connectivity index (χ4v) is 2.90. The Hall–Kier alpha value is -1.13. The van der Waals surface area contributed by atoms with Crippen LogP contribution >= 0.6 is 11.6 Å². The molecule has 0 spiro atoms. The zero-order chi connectivity index (χ0) is 13.8. The second kappa shape index (κ2) is 6.35. The third-order valence-corrected chi connectivity index (χ3v) is 4.26. The van der Waals surface area contributed by atoms with Crippen molar-refractivity contribution in [2.45, 2.75) is 45.2 Å². The van der Waals surface area contributed by atoms with Gasteiger partial charge in [-0.3, -0.25) is 10.1 Å². The Morgan fingerprint density at radius 1 is 1.47 bits per heavy atom. The zero-order valence-corrected chi connectivity index (χ0v) is 11.8. The third-order valence-electron chi connectivity index (χ3n) is 3.94. The molecule has 0 saturated heterocycles. The van der Waals surface area contributed by atoms with E-state index < -0.39 is 4.92 Å². The van der Waals surface area contributed by atoms with Gasteiger partial charge >= 0.3 is 0 Å². The summed E-state index contributed by atoms with van der Waals surface area (Å²) < 4.78 is 0. The quantitative estimate of drug-likeness (QED) is 0.658. The van der Waals surface area contributed by atoms with Crippen molar-refractivity contribution in [2.75, 3.05) is 0 Å². The highest BCUT2D eigenvalue weighted by molar-refractivity contribution is 6.32. The van der Waals surface area contributed by atoms with Gasteiger partial charge in [0.25, 0.3) is 5.69 Å². The molecule has 4 nitrogen and oxygen atoms in total. The molecular weight excluding hydrogens is 264 g/mol. The van der Waals surface area contributed by atoms with Crippen LogP contribution in [0.15, 0.2) is 18.2 Å². The minimum Gasteiger partial charge on any atom is -0.310 e. The zero-order valence-electron chi connectivity index (χ0n) is 11.1. The topological polar surface area (TPSA) is 55.2 Å². The van der Waals surface area contributed by atoms with Gasteiger partial charge in [0.2, 0.25) is 0 Å². The van der Waals surface area contributed by atoms with E-state index in [9.17, 15) is 10.1 Å². The first kappa shape index (κ1) is 14.3. The van der Waals surface area contributed by atoms with Crippen molar-refractivity contribution in [3.63, 3.8) is 0 Å². The number of nitro groups is 1. The van der Waals surface area contributed by atoms with Crippen LogP contribution in [0.1, 0.15) is 38.2 Å². The highest BCUT2D eigenvalue weighted by Gasteiger charge is 2.21. The molecule has 1 aromatic carbocycles. The molecule has 1 atom stereocenters. The first-order valence-electron chi connectivity index (χ1n) is 6.74. The largest absolute Gasteiger partial charge is 0.310 e. The van der Waals surface area contributed by atoms with Gasteiger partial charge in [0.05, 0.1) is 4.92 Å². The van der Waals surface area contributed by atoms with E-state index in [0.717, 1.165) is 11.5 Å². The van der Waals surface area contributed by atoms with Crippen molar-refractivity contribution < 1.29 is 4.92 Å². The van der Waals surface area contributed by atoms with Gasteiger partial charge in [0, 0.05) is 18.7 Å². The lowest BCUT2D eigenvalue weighted by Crippen LogP contribution is -2.31.